The van der Waals surface area contributed by atoms with E-state index in [1.807, 2.05) is 0 Å². The summed E-state index contributed by atoms with van der Waals surface area (Å²) < 4.78 is 11.1. The monoisotopic (exact) mass is 643 g/mol. The van der Waals surface area contributed by atoms with Gasteiger partial charge in [0, 0.05) is 13.0 Å². The lowest BCUT2D eigenvalue weighted by Crippen LogP contribution is -2.27. The van der Waals surface area contributed by atoms with Gasteiger partial charge in [-0.25, -0.2) is 0 Å². The van der Waals surface area contributed by atoms with Gasteiger partial charge in [0.15, 0.2) is 0 Å². The van der Waals surface area contributed by atoms with Crippen LogP contribution < -0.4 is 0 Å². The van der Waals surface area contributed by atoms with Gasteiger partial charge in [-0.2, -0.15) is 0 Å². The minimum Gasteiger partial charge on any atom is -0.457 e. The summed E-state index contributed by atoms with van der Waals surface area (Å²) >= 11 is 0. The smallest absolute Gasteiger partial charge is 0.306 e. The molecule has 0 saturated heterocycles. The lowest BCUT2D eigenvalue weighted by molar-refractivity contribution is -0.154. The number of esters is 1. The number of carbonyl (C=O) groups is 1. The molecule has 0 aromatic rings. The van der Waals surface area contributed by atoms with E-state index >= 15 is 0 Å². The van der Waals surface area contributed by atoms with Gasteiger partial charge in [-0.3, -0.25) is 4.79 Å². The van der Waals surface area contributed by atoms with E-state index in [0.29, 0.717) is 13.0 Å². The second kappa shape index (κ2) is 39.3. The molecule has 0 heterocycles. The third kappa shape index (κ3) is 36.6. The molecule has 0 saturated carbocycles. The van der Waals surface area contributed by atoms with Crippen molar-refractivity contribution in [2.75, 3.05) is 19.8 Å². The molecule has 0 aromatic heterocycles. The van der Waals surface area contributed by atoms with Crippen LogP contribution in [0, 0.1) is 0 Å². The van der Waals surface area contributed by atoms with Gasteiger partial charge < -0.3 is 14.6 Å². The molecule has 4 heteroatoms. The second-order valence-electron chi connectivity index (χ2n) is 12.6. The average Bonchev–Trinajstić information content (AvgIpc) is 3.06. The summed E-state index contributed by atoms with van der Waals surface area (Å²) in [5, 5.41) is 9.56. The van der Waals surface area contributed by atoms with Crippen molar-refractivity contribution in [3.8, 4) is 0 Å². The van der Waals surface area contributed by atoms with E-state index in [4.69, 9.17) is 9.47 Å². The summed E-state index contributed by atoms with van der Waals surface area (Å²) in [6.45, 7) is 5.19. The molecule has 46 heavy (non-hydrogen) atoms. The molecular formula is C42H74O4. The standard InChI is InChI=1S/C42H74O4/c1-3-5-7-9-11-13-15-17-18-19-20-21-22-23-24-25-26-28-30-32-34-36-38-45-40-41(39-43)46-42(44)37-35-33-31-29-27-16-14-12-10-8-6-4-2/h5,7,11,13,17-18,20-21,23-24,41,43H,3-4,6,8-10,12,14-16,19,22,25-40H2,1-2H3/b7-5-,13-11-,18-17-,21-20-,24-23-. The quantitative estimate of drug-likeness (QED) is 0.0424. The number of unbranched alkanes of at least 4 members (excludes halogenated alkanes) is 17. The molecule has 0 rings (SSSR count). The number of aliphatic hydroxyl groups excluding tert-OH is 1. The molecule has 0 aliphatic rings. The van der Waals surface area contributed by atoms with Gasteiger partial charge in [0.1, 0.15) is 6.10 Å². The summed E-state index contributed by atoms with van der Waals surface area (Å²) in [5.74, 6) is -0.209. The van der Waals surface area contributed by atoms with E-state index < -0.39 is 6.10 Å². The maximum Gasteiger partial charge on any atom is 0.306 e. The first-order valence-electron chi connectivity index (χ1n) is 19.4. The topological polar surface area (TPSA) is 55.8 Å². The molecule has 0 aliphatic carbocycles. The molecule has 1 atom stereocenters. The van der Waals surface area contributed by atoms with Crippen LogP contribution in [0.5, 0.6) is 0 Å². The molecule has 0 bridgehead atoms. The Morgan fingerprint density at radius 1 is 0.543 bits per heavy atom. The number of hydrogen-bond donors (Lipinski definition) is 1. The van der Waals surface area contributed by atoms with Crippen molar-refractivity contribution in [1.82, 2.24) is 0 Å². The summed E-state index contributed by atoms with van der Waals surface area (Å²) in [7, 11) is 0. The number of allylic oxidation sites excluding steroid dienone is 10. The Kier molecular flexibility index (Phi) is 37.6. The zero-order valence-corrected chi connectivity index (χ0v) is 30.3. The molecule has 0 amide bonds. The summed E-state index contributed by atoms with van der Waals surface area (Å²) in [4.78, 5) is 12.1. The van der Waals surface area contributed by atoms with Crippen LogP contribution in [-0.2, 0) is 14.3 Å². The fourth-order valence-electron chi connectivity index (χ4n) is 5.24. The Labute approximate surface area is 285 Å². The molecular weight excluding hydrogens is 568 g/mol. The van der Waals surface area contributed by atoms with Gasteiger partial charge in [0.25, 0.3) is 0 Å². The third-order valence-electron chi connectivity index (χ3n) is 8.11. The van der Waals surface area contributed by atoms with Crippen LogP contribution in [-0.4, -0.2) is 37.0 Å². The largest absolute Gasteiger partial charge is 0.457 e. The van der Waals surface area contributed by atoms with Crippen LogP contribution in [0.1, 0.15) is 174 Å². The SMILES string of the molecule is CC/C=C\C/C=C\C/C=C\C/C=C\C/C=C\CCCCCCCCOCC(CO)OC(=O)CCCCCCCCCCCCCC. The summed E-state index contributed by atoms with van der Waals surface area (Å²) in [6, 6.07) is 0. The van der Waals surface area contributed by atoms with Crippen molar-refractivity contribution >= 4 is 5.97 Å². The van der Waals surface area contributed by atoms with Crippen molar-refractivity contribution in [2.24, 2.45) is 0 Å². The number of rotatable bonds is 35. The van der Waals surface area contributed by atoms with E-state index in [-0.39, 0.29) is 19.2 Å². The Bertz CT molecular complexity index is 764. The first-order valence-corrected chi connectivity index (χ1v) is 19.4. The predicted octanol–water partition coefficient (Wildman–Crippen LogP) is 12.5. The number of ether oxygens (including phenoxy) is 2. The Morgan fingerprint density at radius 3 is 1.48 bits per heavy atom. The minimum absolute atomic E-state index is 0.178. The van der Waals surface area contributed by atoms with Crippen LogP contribution in [0.3, 0.4) is 0 Å². The predicted molar refractivity (Wildman–Crippen MR) is 200 cm³/mol. The number of carbonyl (C=O) groups excluding carboxylic acids is 1. The van der Waals surface area contributed by atoms with Crippen LogP contribution in [0.4, 0.5) is 0 Å². The van der Waals surface area contributed by atoms with Gasteiger partial charge >= 0.3 is 5.97 Å². The first-order chi connectivity index (χ1) is 22.7. The minimum atomic E-state index is -0.541. The van der Waals surface area contributed by atoms with Crippen LogP contribution in [0.2, 0.25) is 0 Å². The fraction of sp³-hybridized carbons (Fsp3) is 0.738. The van der Waals surface area contributed by atoms with Gasteiger partial charge in [-0.1, -0.05) is 171 Å². The Balaban J connectivity index is 3.50. The molecule has 0 aliphatic heterocycles. The maximum absolute atomic E-state index is 12.1. The van der Waals surface area contributed by atoms with E-state index in [9.17, 15) is 9.90 Å². The molecule has 0 fully saturated rings. The molecule has 1 unspecified atom stereocenters. The van der Waals surface area contributed by atoms with E-state index in [2.05, 4.69) is 74.6 Å². The fourth-order valence-corrected chi connectivity index (χ4v) is 5.24. The second-order valence-corrected chi connectivity index (χ2v) is 12.6. The molecule has 0 aromatic carbocycles. The molecule has 0 spiro atoms. The van der Waals surface area contributed by atoms with Crippen molar-refractivity contribution in [1.29, 1.82) is 0 Å². The van der Waals surface area contributed by atoms with E-state index in [1.54, 1.807) is 0 Å². The summed E-state index contributed by atoms with van der Waals surface area (Å²) in [5.41, 5.74) is 0. The Hall–Kier alpha value is -1.91. The van der Waals surface area contributed by atoms with Gasteiger partial charge in [-0.15, -0.1) is 0 Å². The molecule has 266 valence electrons. The van der Waals surface area contributed by atoms with Gasteiger partial charge in [0.2, 0.25) is 0 Å². The van der Waals surface area contributed by atoms with Gasteiger partial charge in [0.05, 0.1) is 13.2 Å². The molecule has 4 nitrogen and oxygen atoms in total. The van der Waals surface area contributed by atoms with Crippen molar-refractivity contribution in [3.63, 3.8) is 0 Å². The number of hydrogen-bond acceptors (Lipinski definition) is 4. The maximum atomic E-state index is 12.1. The van der Waals surface area contributed by atoms with Crippen LogP contribution in [0.25, 0.3) is 0 Å². The highest BCUT2D eigenvalue weighted by molar-refractivity contribution is 5.69. The van der Waals surface area contributed by atoms with Crippen LogP contribution in [0.15, 0.2) is 60.8 Å². The van der Waals surface area contributed by atoms with E-state index in [1.165, 1.54) is 89.9 Å². The number of aliphatic hydroxyl groups is 1. The van der Waals surface area contributed by atoms with Crippen LogP contribution >= 0.6 is 0 Å². The van der Waals surface area contributed by atoms with E-state index in [0.717, 1.165) is 64.2 Å². The van der Waals surface area contributed by atoms with Gasteiger partial charge in [-0.05, 0) is 57.8 Å². The Morgan fingerprint density at radius 2 is 0.978 bits per heavy atom. The highest BCUT2D eigenvalue weighted by Gasteiger charge is 2.13. The molecule has 0 radical (unpaired) electrons. The van der Waals surface area contributed by atoms with Crippen molar-refractivity contribution in [3.05, 3.63) is 60.8 Å². The zero-order chi connectivity index (χ0) is 33.4. The normalized spacial score (nSPS) is 13.0. The first kappa shape index (κ1) is 44.1. The summed E-state index contributed by atoms with van der Waals surface area (Å²) in [6.07, 6.45) is 51.2. The lowest BCUT2D eigenvalue weighted by atomic mass is 10.0. The van der Waals surface area contributed by atoms with Crippen molar-refractivity contribution in [2.45, 2.75) is 180 Å². The highest BCUT2D eigenvalue weighted by Crippen LogP contribution is 2.13. The zero-order valence-electron chi connectivity index (χ0n) is 30.3. The van der Waals surface area contributed by atoms with Crippen molar-refractivity contribution < 1.29 is 19.4 Å². The third-order valence-corrected chi connectivity index (χ3v) is 8.11. The lowest BCUT2D eigenvalue weighted by Gasteiger charge is -2.15. The average molecular weight is 643 g/mol. The highest BCUT2D eigenvalue weighted by atomic mass is 16.6. The molecule has 1 N–H and O–H groups in total.